The Labute approximate surface area is 213 Å². The average Bonchev–Trinajstić information content (AvgIpc) is 3.13. The third kappa shape index (κ3) is 12.1. The molecule has 0 radical (unpaired) electrons. The number of allylic oxidation sites excluding steroid dienone is 3. The molecule has 10 nitrogen and oxygen atoms in total. The number of rotatable bonds is 15. The molecule has 1 saturated heterocycles. The molecule has 0 aromatic rings. The normalized spacial score (nSPS) is 21.9. The highest BCUT2D eigenvalue weighted by Gasteiger charge is 2.52. The summed E-state index contributed by atoms with van der Waals surface area (Å²) in [4.78, 5) is 51.2. The minimum atomic E-state index is -1.34. The minimum Gasteiger partial charge on any atom is -0.463 e. The van der Waals surface area contributed by atoms with Gasteiger partial charge in [-0.05, 0) is 47.8 Å². The Balaban J connectivity index is 3.06. The second-order valence-electron chi connectivity index (χ2n) is 8.35. The van der Waals surface area contributed by atoms with E-state index in [0.29, 0.717) is 13.0 Å². The Bertz CT molecular complexity index is 803. The molecule has 1 aliphatic rings. The zero-order valence-corrected chi connectivity index (χ0v) is 21.8. The molecule has 0 spiro atoms. The van der Waals surface area contributed by atoms with E-state index < -0.39 is 48.5 Å². The fourth-order valence-corrected chi connectivity index (χ4v) is 3.19. The lowest BCUT2D eigenvalue weighted by Gasteiger charge is -2.23. The maximum absolute atomic E-state index is 12.4. The summed E-state index contributed by atoms with van der Waals surface area (Å²) in [5.41, 5.74) is 0. The van der Waals surface area contributed by atoms with Crippen LogP contribution < -0.4 is 0 Å². The first-order valence-corrected chi connectivity index (χ1v) is 12.1. The lowest BCUT2D eigenvalue weighted by molar-refractivity contribution is -0.199. The number of carbonyl (C=O) groups excluding carboxylic acids is 4. The van der Waals surface area contributed by atoms with E-state index >= 15 is 0 Å². The maximum atomic E-state index is 12.4. The highest BCUT2D eigenvalue weighted by molar-refractivity contribution is 5.73. The van der Waals surface area contributed by atoms with Crippen LogP contribution in [-0.2, 0) is 42.9 Å². The first kappa shape index (κ1) is 31.1. The van der Waals surface area contributed by atoms with Crippen LogP contribution in [0.25, 0.3) is 0 Å². The molecule has 0 N–H and O–H groups in total. The van der Waals surface area contributed by atoms with Crippen LogP contribution in [-0.4, -0.2) is 80.6 Å². The van der Waals surface area contributed by atoms with Crippen molar-refractivity contribution in [3.05, 3.63) is 36.5 Å². The van der Waals surface area contributed by atoms with Gasteiger partial charge in [0.15, 0.2) is 6.10 Å². The van der Waals surface area contributed by atoms with Crippen molar-refractivity contribution in [1.82, 2.24) is 4.90 Å². The summed E-state index contributed by atoms with van der Waals surface area (Å²) in [6.45, 7) is 5.72. The van der Waals surface area contributed by atoms with Crippen molar-refractivity contribution in [2.75, 3.05) is 27.2 Å². The van der Waals surface area contributed by atoms with Gasteiger partial charge in [-0.3, -0.25) is 19.2 Å². The number of hydrogen-bond donors (Lipinski definition) is 0. The molecule has 10 heteroatoms. The minimum absolute atomic E-state index is 0.0188. The Morgan fingerprint density at radius 3 is 1.75 bits per heavy atom. The standard InChI is InChI=1S/C26H39NO9/c1-6-9-13-21(29)34-24-19(18-32-20(28)16-12-17-27(4)5)33-26(36-23(31)15-11-8-3)25(24)35-22(30)14-10-7-2/h6-11,19,24-26H,12-18H2,1-5H3/b9-6-,10-7-,11-8-. The molecule has 1 fully saturated rings. The van der Waals surface area contributed by atoms with E-state index in [2.05, 4.69) is 0 Å². The van der Waals surface area contributed by atoms with Crippen molar-refractivity contribution in [3.8, 4) is 0 Å². The fourth-order valence-electron chi connectivity index (χ4n) is 3.19. The van der Waals surface area contributed by atoms with Crippen molar-refractivity contribution in [2.45, 2.75) is 77.5 Å². The fraction of sp³-hybridized carbons (Fsp3) is 0.615. The molecule has 0 aromatic carbocycles. The maximum Gasteiger partial charge on any atom is 0.312 e. The summed E-state index contributed by atoms with van der Waals surface area (Å²) in [5, 5.41) is 0. The van der Waals surface area contributed by atoms with Gasteiger partial charge < -0.3 is 28.6 Å². The zero-order chi connectivity index (χ0) is 26.9. The second-order valence-corrected chi connectivity index (χ2v) is 8.35. The summed E-state index contributed by atoms with van der Waals surface area (Å²) >= 11 is 0. The van der Waals surface area contributed by atoms with E-state index in [1.54, 1.807) is 57.2 Å². The van der Waals surface area contributed by atoms with E-state index in [1.807, 2.05) is 19.0 Å². The van der Waals surface area contributed by atoms with E-state index in [9.17, 15) is 19.2 Å². The molecule has 0 saturated carbocycles. The quantitative estimate of drug-likeness (QED) is 0.185. The Morgan fingerprint density at radius 1 is 0.750 bits per heavy atom. The number of ether oxygens (including phenoxy) is 5. The van der Waals surface area contributed by atoms with Crippen molar-refractivity contribution < 1.29 is 42.9 Å². The number of carbonyl (C=O) groups is 4. The molecule has 1 aliphatic heterocycles. The van der Waals surface area contributed by atoms with E-state index in [0.717, 1.165) is 0 Å². The van der Waals surface area contributed by atoms with Gasteiger partial charge in [0.25, 0.3) is 0 Å². The highest BCUT2D eigenvalue weighted by Crippen LogP contribution is 2.29. The molecule has 202 valence electrons. The molecule has 4 unspecified atom stereocenters. The largest absolute Gasteiger partial charge is 0.463 e. The molecule has 0 bridgehead atoms. The Hall–Kier alpha value is -2.98. The molecule has 1 rings (SSSR count). The van der Waals surface area contributed by atoms with Crippen molar-refractivity contribution in [1.29, 1.82) is 0 Å². The summed E-state index contributed by atoms with van der Waals surface area (Å²) < 4.78 is 27.6. The van der Waals surface area contributed by atoms with Gasteiger partial charge in [0.2, 0.25) is 12.4 Å². The predicted octanol–water partition coefficient (Wildman–Crippen LogP) is 2.86. The van der Waals surface area contributed by atoms with Crippen molar-refractivity contribution in [2.24, 2.45) is 0 Å². The van der Waals surface area contributed by atoms with Crippen LogP contribution >= 0.6 is 0 Å². The smallest absolute Gasteiger partial charge is 0.312 e. The Kier molecular flexibility index (Phi) is 15.1. The molecular formula is C26H39NO9. The van der Waals surface area contributed by atoms with Gasteiger partial charge in [0.1, 0.15) is 12.7 Å². The molecule has 0 amide bonds. The third-order valence-electron chi connectivity index (χ3n) is 5.01. The van der Waals surface area contributed by atoms with Crippen LogP contribution in [0.5, 0.6) is 0 Å². The van der Waals surface area contributed by atoms with Crippen LogP contribution in [0.2, 0.25) is 0 Å². The topological polar surface area (TPSA) is 118 Å². The van der Waals surface area contributed by atoms with Crippen molar-refractivity contribution >= 4 is 23.9 Å². The first-order valence-electron chi connectivity index (χ1n) is 12.1. The Morgan fingerprint density at radius 2 is 1.25 bits per heavy atom. The lowest BCUT2D eigenvalue weighted by atomic mass is 10.1. The molecule has 36 heavy (non-hydrogen) atoms. The zero-order valence-electron chi connectivity index (χ0n) is 21.8. The summed E-state index contributed by atoms with van der Waals surface area (Å²) in [6.07, 6.45) is 5.90. The van der Waals surface area contributed by atoms with Crippen LogP contribution in [0.15, 0.2) is 36.5 Å². The molecule has 1 heterocycles. The van der Waals surface area contributed by atoms with Gasteiger partial charge in [-0.25, -0.2) is 0 Å². The monoisotopic (exact) mass is 509 g/mol. The number of esters is 4. The second kappa shape index (κ2) is 17.4. The van der Waals surface area contributed by atoms with Gasteiger partial charge in [-0.1, -0.05) is 36.5 Å². The van der Waals surface area contributed by atoms with Gasteiger partial charge >= 0.3 is 23.9 Å². The van der Waals surface area contributed by atoms with Gasteiger partial charge in [-0.2, -0.15) is 0 Å². The summed E-state index contributed by atoms with van der Waals surface area (Å²) in [5.74, 6) is -2.28. The van der Waals surface area contributed by atoms with Gasteiger partial charge in [0, 0.05) is 6.42 Å². The van der Waals surface area contributed by atoms with Gasteiger partial charge in [-0.15, -0.1) is 0 Å². The SMILES string of the molecule is C/C=C\CC(=O)OC1OC(COC(=O)CCCN(C)C)C(OC(=O)C/C=C\C)C1OC(=O)C/C=C\C. The van der Waals surface area contributed by atoms with E-state index in [4.69, 9.17) is 23.7 Å². The van der Waals surface area contributed by atoms with Crippen LogP contribution in [0, 0.1) is 0 Å². The first-order chi connectivity index (χ1) is 17.2. The molecule has 4 atom stereocenters. The van der Waals surface area contributed by atoms with E-state index in [-0.39, 0.29) is 32.3 Å². The molecule has 0 aliphatic carbocycles. The third-order valence-corrected chi connectivity index (χ3v) is 5.01. The van der Waals surface area contributed by atoms with Crippen LogP contribution in [0.1, 0.15) is 52.9 Å². The number of nitrogens with zero attached hydrogens (tertiary/aromatic N) is 1. The van der Waals surface area contributed by atoms with Gasteiger partial charge in [0.05, 0.1) is 19.3 Å². The van der Waals surface area contributed by atoms with E-state index in [1.165, 1.54) is 0 Å². The lowest BCUT2D eigenvalue weighted by Crippen LogP contribution is -2.42. The van der Waals surface area contributed by atoms with Crippen LogP contribution in [0.3, 0.4) is 0 Å². The summed E-state index contributed by atoms with van der Waals surface area (Å²) in [7, 11) is 3.81. The molecular weight excluding hydrogens is 470 g/mol. The molecule has 0 aromatic heterocycles. The predicted molar refractivity (Wildman–Crippen MR) is 132 cm³/mol. The average molecular weight is 510 g/mol. The van der Waals surface area contributed by atoms with Crippen molar-refractivity contribution in [3.63, 3.8) is 0 Å². The highest BCUT2D eigenvalue weighted by atomic mass is 16.8. The number of hydrogen-bond acceptors (Lipinski definition) is 10. The summed E-state index contributed by atoms with van der Waals surface area (Å²) in [6, 6.07) is 0. The van der Waals surface area contributed by atoms with Crippen LogP contribution in [0.4, 0.5) is 0 Å².